The molecule has 0 radical (unpaired) electrons. The molecule has 0 aliphatic heterocycles. The van der Waals surface area contributed by atoms with Crippen molar-refractivity contribution in [3.05, 3.63) is 60.4 Å². The lowest BCUT2D eigenvalue weighted by atomic mass is 10.2. The molecule has 0 atom stereocenters. The average Bonchev–Trinajstić information content (AvgIpc) is 3.21. The molecule has 0 spiro atoms. The molecule has 2 amide bonds. The number of fused-ring (bicyclic) bond motifs is 3. The molecule has 8 heteroatoms. The molecule has 172 valence electrons. The van der Waals surface area contributed by atoms with E-state index in [0.29, 0.717) is 25.4 Å². The number of carbonyl (C=O) groups is 1. The van der Waals surface area contributed by atoms with E-state index >= 15 is 0 Å². The zero-order chi connectivity index (χ0) is 23.2. The Kier molecular flexibility index (Phi) is 7.04. The third-order valence-corrected chi connectivity index (χ3v) is 5.75. The highest BCUT2D eigenvalue weighted by atomic mass is 16.5. The van der Waals surface area contributed by atoms with E-state index in [2.05, 4.69) is 20.9 Å². The van der Waals surface area contributed by atoms with Crippen LogP contribution in [0.3, 0.4) is 0 Å². The van der Waals surface area contributed by atoms with Gasteiger partial charge in [0.1, 0.15) is 11.3 Å². The average molecular weight is 447 g/mol. The van der Waals surface area contributed by atoms with Crippen molar-refractivity contribution in [3.8, 4) is 0 Å². The van der Waals surface area contributed by atoms with Gasteiger partial charge < -0.3 is 20.4 Å². The summed E-state index contributed by atoms with van der Waals surface area (Å²) in [6, 6.07) is 17.5. The maximum absolute atomic E-state index is 12.4. The maximum atomic E-state index is 12.4. The third-order valence-electron chi connectivity index (χ3n) is 5.75. The lowest BCUT2D eigenvalue weighted by Crippen LogP contribution is -2.37. The monoisotopic (exact) mass is 446 g/mol. The summed E-state index contributed by atoms with van der Waals surface area (Å²) in [5.41, 5.74) is 9.72. The lowest BCUT2D eigenvalue weighted by Gasteiger charge is -2.18. The topological polar surface area (TPSA) is 98.3 Å². The van der Waals surface area contributed by atoms with Gasteiger partial charge in [0.2, 0.25) is 0 Å². The number of methoxy groups -OCH3 is 1. The minimum Gasteiger partial charge on any atom is -0.384 e. The van der Waals surface area contributed by atoms with Crippen molar-refractivity contribution >= 4 is 39.5 Å². The molecule has 2 heterocycles. The largest absolute Gasteiger partial charge is 0.384 e. The molecule has 0 fully saturated rings. The number of aromatic nitrogens is 3. The third kappa shape index (κ3) is 4.90. The van der Waals surface area contributed by atoms with E-state index in [1.165, 1.54) is 0 Å². The summed E-state index contributed by atoms with van der Waals surface area (Å²) in [7, 11) is 3.46. The van der Waals surface area contributed by atoms with E-state index in [-0.39, 0.29) is 6.03 Å². The smallest absolute Gasteiger partial charge is 0.321 e. The van der Waals surface area contributed by atoms with E-state index in [4.69, 9.17) is 15.5 Å². The quantitative estimate of drug-likeness (QED) is 0.379. The Morgan fingerprint density at radius 2 is 1.85 bits per heavy atom. The molecule has 2 aromatic carbocycles. The second-order valence-corrected chi connectivity index (χ2v) is 7.97. The Morgan fingerprint density at radius 3 is 2.64 bits per heavy atom. The summed E-state index contributed by atoms with van der Waals surface area (Å²) in [6.07, 6.45) is 2.42. The van der Waals surface area contributed by atoms with Crippen LogP contribution in [-0.4, -0.2) is 47.9 Å². The number of nitrogens with zero attached hydrogens (tertiary/aromatic N) is 4. The van der Waals surface area contributed by atoms with Gasteiger partial charge in [-0.05, 0) is 31.0 Å². The first-order valence-electron chi connectivity index (χ1n) is 11.2. The summed E-state index contributed by atoms with van der Waals surface area (Å²) in [4.78, 5) is 23.4. The van der Waals surface area contributed by atoms with Crippen LogP contribution in [0.25, 0.3) is 21.9 Å². The second-order valence-electron chi connectivity index (χ2n) is 7.97. The van der Waals surface area contributed by atoms with Crippen molar-refractivity contribution < 1.29 is 9.53 Å². The molecule has 0 aliphatic carbocycles. The highest BCUT2D eigenvalue weighted by Crippen LogP contribution is 2.29. The van der Waals surface area contributed by atoms with Crippen LogP contribution in [0.4, 0.5) is 16.3 Å². The summed E-state index contributed by atoms with van der Waals surface area (Å²) >= 11 is 0. The van der Waals surface area contributed by atoms with Crippen molar-refractivity contribution in [3.63, 3.8) is 0 Å². The number of hydrogen-bond donors (Lipinski definition) is 2. The number of benzene rings is 2. The maximum Gasteiger partial charge on any atom is 0.321 e. The van der Waals surface area contributed by atoms with Crippen LogP contribution in [0.5, 0.6) is 0 Å². The van der Waals surface area contributed by atoms with Crippen LogP contribution in [0.2, 0.25) is 0 Å². The number of urea groups is 1. The van der Waals surface area contributed by atoms with E-state index < -0.39 is 0 Å². The number of aryl methyl sites for hydroxylation is 1. The molecule has 2 aromatic heterocycles. The molecular formula is C25H30N6O2. The number of anilines is 2. The minimum atomic E-state index is -0.111. The number of amides is 2. The first kappa shape index (κ1) is 22.5. The van der Waals surface area contributed by atoms with Gasteiger partial charge in [-0.1, -0.05) is 36.4 Å². The van der Waals surface area contributed by atoms with Crippen LogP contribution in [0.15, 0.2) is 54.6 Å². The molecule has 8 nitrogen and oxygen atoms in total. The number of nitrogen functional groups attached to an aromatic ring is 1. The van der Waals surface area contributed by atoms with Crippen molar-refractivity contribution in [2.75, 3.05) is 37.9 Å². The Hall–Kier alpha value is -3.65. The van der Waals surface area contributed by atoms with Crippen LogP contribution in [-0.2, 0) is 17.7 Å². The SMILES string of the molecule is COCCc1nc2c(N)nc3ccccc3c2n1CCCCNC(=O)N(C)c1ccccc1. The van der Waals surface area contributed by atoms with Crippen molar-refractivity contribution in [2.24, 2.45) is 0 Å². The molecule has 0 bridgehead atoms. The molecule has 0 saturated carbocycles. The molecule has 0 aliphatic rings. The summed E-state index contributed by atoms with van der Waals surface area (Å²) < 4.78 is 7.52. The predicted molar refractivity (Wildman–Crippen MR) is 133 cm³/mol. The molecule has 4 aromatic rings. The Labute approximate surface area is 193 Å². The molecule has 33 heavy (non-hydrogen) atoms. The first-order chi connectivity index (χ1) is 16.1. The highest BCUT2D eigenvalue weighted by Gasteiger charge is 2.17. The second kappa shape index (κ2) is 10.3. The van der Waals surface area contributed by atoms with Gasteiger partial charge in [0, 0.05) is 44.7 Å². The Bertz CT molecular complexity index is 1240. The zero-order valence-corrected chi connectivity index (χ0v) is 19.1. The summed E-state index contributed by atoms with van der Waals surface area (Å²) in [6.45, 7) is 1.95. The van der Waals surface area contributed by atoms with Crippen LogP contribution in [0, 0.1) is 0 Å². The number of imidazole rings is 1. The number of pyridine rings is 1. The van der Waals surface area contributed by atoms with Gasteiger partial charge in [-0.15, -0.1) is 0 Å². The van der Waals surface area contributed by atoms with Gasteiger partial charge in [0.15, 0.2) is 5.82 Å². The summed E-state index contributed by atoms with van der Waals surface area (Å²) in [5, 5.41) is 4.04. The number of nitrogens with one attached hydrogen (secondary N) is 1. The van der Waals surface area contributed by atoms with Gasteiger partial charge in [0.05, 0.1) is 17.6 Å². The lowest BCUT2D eigenvalue weighted by molar-refractivity contribution is 0.199. The number of ether oxygens (including phenoxy) is 1. The number of carbonyl (C=O) groups excluding carboxylic acids is 1. The van der Waals surface area contributed by atoms with Gasteiger partial charge >= 0.3 is 6.03 Å². The normalized spacial score (nSPS) is 11.2. The van der Waals surface area contributed by atoms with E-state index in [1.807, 2.05) is 48.5 Å². The zero-order valence-electron chi connectivity index (χ0n) is 19.1. The Morgan fingerprint density at radius 1 is 1.09 bits per heavy atom. The van der Waals surface area contributed by atoms with Crippen molar-refractivity contribution in [2.45, 2.75) is 25.8 Å². The fraction of sp³-hybridized carbons (Fsp3) is 0.320. The van der Waals surface area contributed by atoms with Crippen LogP contribution < -0.4 is 16.0 Å². The number of rotatable bonds is 9. The van der Waals surface area contributed by atoms with Crippen LogP contribution in [0.1, 0.15) is 18.7 Å². The number of hydrogen-bond acceptors (Lipinski definition) is 5. The van der Waals surface area contributed by atoms with Gasteiger partial charge in [-0.3, -0.25) is 4.90 Å². The molecule has 0 saturated heterocycles. The van der Waals surface area contributed by atoms with E-state index in [9.17, 15) is 4.79 Å². The van der Waals surface area contributed by atoms with Crippen molar-refractivity contribution in [1.29, 1.82) is 0 Å². The molecule has 4 rings (SSSR count). The molecule has 3 N–H and O–H groups in total. The number of unbranched alkanes of at least 4 members (excludes halogenated alkanes) is 1. The minimum absolute atomic E-state index is 0.111. The highest BCUT2D eigenvalue weighted by molar-refractivity contribution is 6.06. The first-order valence-corrected chi connectivity index (χ1v) is 11.2. The fourth-order valence-corrected chi connectivity index (χ4v) is 4.01. The van der Waals surface area contributed by atoms with E-state index in [1.54, 1.807) is 19.1 Å². The summed E-state index contributed by atoms with van der Waals surface area (Å²) in [5.74, 6) is 1.38. The molecule has 0 unspecified atom stereocenters. The van der Waals surface area contributed by atoms with Gasteiger partial charge in [-0.2, -0.15) is 0 Å². The number of nitrogens with two attached hydrogens (primary N) is 1. The van der Waals surface area contributed by atoms with Gasteiger partial charge in [-0.25, -0.2) is 14.8 Å². The van der Waals surface area contributed by atoms with Crippen molar-refractivity contribution in [1.82, 2.24) is 19.9 Å². The Balaban J connectivity index is 1.46. The standard InChI is InChI=1S/C25H30N6O2/c1-30(18-10-4-3-5-11-18)25(32)27-15-8-9-16-31-21(14-17-33-2)29-22-23(31)19-12-6-7-13-20(19)28-24(22)26/h3-7,10-13H,8-9,14-17H2,1-2H3,(H2,26,28)(H,27,32). The predicted octanol–water partition coefficient (Wildman–Crippen LogP) is 3.98. The van der Waals surface area contributed by atoms with Crippen LogP contribution >= 0.6 is 0 Å². The van der Waals surface area contributed by atoms with E-state index in [0.717, 1.165) is 52.8 Å². The van der Waals surface area contributed by atoms with Gasteiger partial charge in [0.25, 0.3) is 0 Å². The fourth-order valence-electron chi connectivity index (χ4n) is 4.01. The molecular weight excluding hydrogens is 416 g/mol. The number of para-hydroxylation sites is 2.